The first-order chi connectivity index (χ1) is 8.45. The van der Waals surface area contributed by atoms with Crippen molar-refractivity contribution in [3.05, 3.63) is 28.2 Å². The summed E-state index contributed by atoms with van der Waals surface area (Å²) in [5, 5.41) is 19.2. The van der Waals surface area contributed by atoms with Gasteiger partial charge in [-0.2, -0.15) is 0 Å². The van der Waals surface area contributed by atoms with Gasteiger partial charge in [-0.1, -0.05) is 22.0 Å². The Morgan fingerprint density at radius 2 is 2.06 bits per heavy atom. The fourth-order valence-corrected chi connectivity index (χ4v) is 2.46. The van der Waals surface area contributed by atoms with Gasteiger partial charge in [-0.25, -0.2) is 0 Å². The third kappa shape index (κ3) is 4.24. The summed E-state index contributed by atoms with van der Waals surface area (Å²) in [5.41, 5.74) is 1.83. The van der Waals surface area contributed by atoms with Crippen LogP contribution >= 0.6 is 15.9 Å². The van der Waals surface area contributed by atoms with E-state index in [1.165, 1.54) is 0 Å². The molecule has 0 bridgehead atoms. The lowest BCUT2D eigenvalue weighted by molar-refractivity contribution is 0.0695. The van der Waals surface area contributed by atoms with Crippen molar-refractivity contribution in [1.29, 1.82) is 0 Å². The highest BCUT2D eigenvalue weighted by molar-refractivity contribution is 9.10. The topological polar surface area (TPSA) is 52.9 Å². The molecule has 102 valence electrons. The molecule has 2 unspecified atom stereocenters. The molecule has 4 nitrogen and oxygen atoms in total. The summed E-state index contributed by atoms with van der Waals surface area (Å²) in [4.78, 5) is 1.94. The van der Waals surface area contributed by atoms with Gasteiger partial charge in [-0.05, 0) is 24.6 Å². The summed E-state index contributed by atoms with van der Waals surface area (Å²) in [6, 6.07) is 5.73. The van der Waals surface area contributed by atoms with Gasteiger partial charge in [0.25, 0.3) is 0 Å². The number of anilines is 1. The standard InChI is InChI=1S/C13H20BrNO3/c1-9(16)12-5-4-10(6-13(12)14)15(2)7-11(17)8-18-3/h4-6,9,11,16-17H,7-8H2,1-3H3. The third-order valence-electron chi connectivity index (χ3n) is 2.72. The molecule has 0 aliphatic rings. The number of benzene rings is 1. The van der Waals surface area contributed by atoms with Gasteiger partial charge in [0.15, 0.2) is 0 Å². The van der Waals surface area contributed by atoms with Crippen LogP contribution in [0.3, 0.4) is 0 Å². The highest BCUT2D eigenvalue weighted by atomic mass is 79.9. The number of hydrogen-bond acceptors (Lipinski definition) is 4. The van der Waals surface area contributed by atoms with Crippen molar-refractivity contribution in [3.8, 4) is 0 Å². The minimum atomic E-state index is -0.518. The van der Waals surface area contributed by atoms with Gasteiger partial charge in [0.1, 0.15) is 0 Å². The van der Waals surface area contributed by atoms with E-state index in [4.69, 9.17) is 4.74 Å². The fourth-order valence-electron chi connectivity index (χ4n) is 1.76. The molecule has 0 aromatic heterocycles. The maximum absolute atomic E-state index is 9.67. The smallest absolute Gasteiger partial charge is 0.0947 e. The monoisotopic (exact) mass is 317 g/mol. The molecule has 0 saturated heterocycles. The van der Waals surface area contributed by atoms with Crippen LogP contribution in [0.4, 0.5) is 5.69 Å². The molecule has 1 rings (SSSR count). The van der Waals surface area contributed by atoms with E-state index in [-0.39, 0.29) is 0 Å². The molecule has 0 radical (unpaired) electrons. The number of ether oxygens (including phenoxy) is 1. The Morgan fingerprint density at radius 1 is 1.39 bits per heavy atom. The van der Waals surface area contributed by atoms with Gasteiger partial charge in [0.2, 0.25) is 0 Å². The molecule has 2 N–H and O–H groups in total. The number of rotatable bonds is 6. The van der Waals surface area contributed by atoms with E-state index in [0.717, 1.165) is 15.7 Å². The molecule has 5 heteroatoms. The Balaban J connectivity index is 2.75. The quantitative estimate of drug-likeness (QED) is 0.842. The zero-order valence-corrected chi connectivity index (χ0v) is 12.5. The molecule has 0 fully saturated rings. The van der Waals surface area contributed by atoms with E-state index in [9.17, 15) is 10.2 Å². The SMILES string of the molecule is COCC(O)CN(C)c1ccc(C(C)O)c(Br)c1. The van der Waals surface area contributed by atoms with E-state index in [0.29, 0.717) is 13.2 Å². The highest BCUT2D eigenvalue weighted by Crippen LogP contribution is 2.27. The zero-order valence-electron chi connectivity index (χ0n) is 10.9. The molecule has 0 aliphatic heterocycles. The Kier molecular flexibility index (Phi) is 6.08. The summed E-state index contributed by atoms with van der Waals surface area (Å²) >= 11 is 3.44. The van der Waals surface area contributed by atoms with Gasteiger partial charge in [-0.3, -0.25) is 0 Å². The van der Waals surface area contributed by atoms with Crippen LogP contribution in [0.5, 0.6) is 0 Å². The maximum atomic E-state index is 9.67. The van der Waals surface area contributed by atoms with E-state index in [2.05, 4.69) is 15.9 Å². The third-order valence-corrected chi connectivity index (χ3v) is 3.41. The summed E-state index contributed by atoms with van der Waals surface area (Å²) in [7, 11) is 3.47. The van der Waals surface area contributed by atoms with Crippen LogP contribution in [0.25, 0.3) is 0 Å². The average Bonchev–Trinajstić information content (AvgIpc) is 2.28. The van der Waals surface area contributed by atoms with Crippen molar-refractivity contribution in [2.45, 2.75) is 19.1 Å². The lowest BCUT2D eigenvalue weighted by Crippen LogP contribution is -2.31. The van der Waals surface area contributed by atoms with E-state index < -0.39 is 12.2 Å². The molecule has 0 saturated carbocycles. The lowest BCUT2D eigenvalue weighted by Gasteiger charge is -2.23. The van der Waals surface area contributed by atoms with Crippen molar-refractivity contribution in [1.82, 2.24) is 0 Å². The molecule has 0 amide bonds. The number of nitrogens with zero attached hydrogens (tertiary/aromatic N) is 1. The van der Waals surface area contributed by atoms with Crippen LogP contribution in [0.1, 0.15) is 18.6 Å². The number of methoxy groups -OCH3 is 1. The average molecular weight is 318 g/mol. The summed E-state index contributed by atoms with van der Waals surface area (Å²) in [5.74, 6) is 0. The van der Waals surface area contributed by atoms with Crippen LogP contribution in [-0.2, 0) is 4.74 Å². The highest BCUT2D eigenvalue weighted by Gasteiger charge is 2.11. The van der Waals surface area contributed by atoms with Crippen LogP contribution in [-0.4, -0.2) is 43.6 Å². The molecular formula is C13H20BrNO3. The molecular weight excluding hydrogens is 298 g/mol. The Hall–Kier alpha value is -0.620. The van der Waals surface area contributed by atoms with Crippen LogP contribution in [0, 0.1) is 0 Å². The minimum absolute atomic E-state index is 0.317. The number of likely N-dealkylation sites (N-methyl/N-ethyl adjacent to an activating group) is 1. The van der Waals surface area contributed by atoms with Crippen molar-refractivity contribution < 1.29 is 14.9 Å². The minimum Gasteiger partial charge on any atom is -0.389 e. The fraction of sp³-hybridized carbons (Fsp3) is 0.538. The summed E-state index contributed by atoms with van der Waals surface area (Å²) in [6.07, 6.45) is -1.02. The van der Waals surface area contributed by atoms with E-state index in [1.54, 1.807) is 14.0 Å². The first kappa shape index (κ1) is 15.4. The summed E-state index contributed by atoms with van der Waals surface area (Å²) in [6.45, 7) is 2.54. The van der Waals surface area contributed by atoms with Crippen molar-refractivity contribution in [2.24, 2.45) is 0 Å². The second-order valence-corrected chi connectivity index (χ2v) is 5.23. The first-order valence-corrected chi connectivity index (χ1v) is 6.60. The van der Waals surface area contributed by atoms with Crippen molar-refractivity contribution in [3.63, 3.8) is 0 Å². The molecule has 0 heterocycles. The number of halogens is 1. The molecule has 0 aliphatic carbocycles. The Morgan fingerprint density at radius 3 is 2.56 bits per heavy atom. The van der Waals surface area contributed by atoms with E-state index in [1.807, 2.05) is 30.1 Å². The van der Waals surface area contributed by atoms with Crippen molar-refractivity contribution >= 4 is 21.6 Å². The largest absolute Gasteiger partial charge is 0.389 e. The molecule has 1 aromatic rings. The number of aliphatic hydroxyl groups excluding tert-OH is 2. The molecule has 2 atom stereocenters. The summed E-state index contributed by atoms with van der Waals surface area (Å²) < 4.78 is 5.76. The van der Waals surface area contributed by atoms with Gasteiger partial charge in [-0.15, -0.1) is 0 Å². The van der Waals surface area contributed by atoms with Gasteiger partial charge >= 0.3 is 0 Å². The molecule has 18 heavy (non-hydrogen) atoms. The normalized spacial score (nSPS) is 14.3. The number of hydrogen-bond donors (Lipinski definition) is 2. The van der Waals surface area contributed by atoms with Crippen LogP contribution in [0.2, 0.25) is 0 Å². The Bertz CT molecular complexity index is 384. The first-order valence-electron chi connectivity index (χ1n) is 5.81. The van der Waals surface area contributed by atoms with Crippen LogP contribution in [0.15, 0.2) is 22.7 Å². The predicted molar refractivity (Wildman–Crippen MR) is 75.9 cm³/mol. The van der Waals surface area contributed by atoms with Gasteiger partial charge in [0, 0.05) is 30.9 Å². The number of aliphatic hydroxyl groups is 2. The molecule has 0 spiro atoms. The van der Waals surface area contributed by atoms with Gasteiger partial charge < -0.3 is 19.8 Å². The van der Waals surface area contributed by atoms with E-state index >= 15 is 0 Å². The second kappa shape index (κ2) is 7.09. The van der Waals surface area contributed by atoms with Gasteiger partial charge in [0.05, 0.1) is 18.8 Å². The second-order valence-electron chi connectivity index (χ2n) is 4.37. The molecule has 1 aromatic carbocycles. The van der Waals surface area contributed by atoms with Crippen molar-refractivity contribution in [2.75, 3.05) is 32.2 Å². The maximum Gasteiger partial charge on any atom is 0.0947 e. The lowest BCUT2D eigenvalue weighted by atomic mass is 10.1. The van der Waals surface area contributed by atoms with Crippen LogP contribution < -0.4 is 4.90 Å². The Labute approximate surface area is 116 Å². The predicted octanol–water partition coefficient (Wildman–Crippen LogP) is 1.95. The zero-order chi connectivity index (χ0) is 13.7.